The molecule has 0 unspecified atom stereocenters. The van der Waals surface area contributed by atoms with Gasteiger partial charge in [-0.3, -0.25) is 0 Å². The summed E-state index contributed by atoms with van der Waals surface area (Å²) < 4.78 is 0. The van der Waals surface area contributed by atoms with Crippen molar-refractivity contribution in [2.75, 3.05) is 38.6 Å². The van der Waals surface area contributed by atoms with Crippen LogP contribution in [0.15, 0.2) is 18.2 Å². The second-order valence-electron chi connectivity index (χ2n) is 4.51. The van der Waals surface area contributed by atoms with Crippen LogP contribution in [0.4, 0.5) is 5.69 Å². The lowest BCUT2D eigenvalue weighted by molar-refractivity contribution is 0.400. The van der Waals surface area contributed by atoms with Crippen LogP contribution in [0.1, 0.15) is 18.9 Å². The van der Waals surface area contributed by atoms with Crippen molar-refractivity contribution in [3.63, 3.8) is 0 Å². The van der Waals surface area contributed by atoms with Crippen molar-refractivity contribution in [3.8, 4) is 6.07 Å². The lowest BCUT2D eigenvalue weighted by Gasteiger charge is -2.25. The standard InChI is InChI=1S/C14H20ClN3/c1-4-18(9-5-8-17(2)3)14-7-6-13(15)10-12(14)11-16/h6-7,10H,4-5,8-9H2,1-3H3. The summed E-state index contributed by atoms with van der Waals surface area (Å²) in [6, 6.07) is 7.71. The first kappa shape index (κ1) is 14.8. The van der Waals surface area contributed by atoms with E-state index in [9.17, 15) is 0 Å². The molecule has 0 aliphatic carbocycles. The predicted octanol–water partition coefficient (Wildman–Crippen LogP) is 2.99. The van der Waals surface area contributed by atoms with Crippen LogP contribution in [0.3, 0.4) is 0 Å². The SMILES string of the molecule is CCN(CCCN(C)C)c1ccc(Cl)cc1C#N. The summed E-state index contributed by atoms with van der Waals surface area (Å²) in [7, 11) is 4.14. The van der Waals surface area contributed by atoms with Crippen molar-refractivity contribution in [3.05, 3.63) is 28.8 Å². The zero-order valence-electron chi connectivity index (χ0n) is 11.3. The van der Waals surface area contributed by atoms with Crippen molar-refractivity contribution >= 4 is 17.3 Å². The molecule has 0 saturated heterocycles. The Kier molecular flexibility index (Phi) is 5.97. The van der Waals surface area contributed by atoms with E-state index in [2.05, 4.69) is 36.9 Å². The molecule has 0 heterocycles. The van der Waals surface area contributed by atoms with Crippen LogP contribution in [0.2, 0.25) is 5.02 Å². The van der Waals surface area contributed by atoms with Gasteiger partial charge in [0.05, 0.1) is 11.3 Å². The summed E-state index contributed by atoms with van der Waals surface area (Å²) in [5.41, 5.74) is 1.62. The largest absolute Gasteiger partial charge is 0.371 e. The molecule has 0 fully saturated rings. The van der Waals surface area contributed by atoms with Crippen molar-refractivity contribution < 1.29 is 0 Å². The molecule has 18 heavy (non-hydrogen) atoms. The van der Waals surface area contributed by atoms with Crippen LogP contribution >= 0.6 is 11.6 Å². The van der Waals surface area contributed by atoms with E-state index in [1.165, 1.54) is 0 Å². The van der Waals surface area contributed by atoms with E-state index in [-0.39, 0.29) is 0 Å². The first-order valence-electron chi connectivity index (χ1n) is 6.17. The van der Waals surface area contributed by atoms with Crippen LogP contribution < -0.4 is 4.90 Å². The molecule has 4 heteroatoms. The van der Waals surface area contributed by atoms with Crippen molar-refractivity contribution in [1.29, 1.82) is 5.26 Å². The van der Waals surface area contributed by atoms with Gasteiger partial charge in [0.2, 0.25) is 0 Å². The molecule has 0 aliphatic heterocycles. The minimum absolute atomic E-state index is 0.611. The Hall–Kier alpha value is -1.24. The zero-order chi connectivity index (χ0) is 13.5. The number of nitriles is 1. The van der Waals surface area contributed by atoms with Gasteiger partial charge in [-0.25, -0.2) is 0 Å². The lowest BCUT2D eigenvalue weighted by atomic mass is 10.1. The second-order valence-corrected chi connectivity index (χ2v) is 4.95. The van der Waals surface area contributed by atoms with Gasteiger partial charge in [-0.1, -0.05) is 11.6 Å². The summed E-state index contributed by atoms with van der Waals surface area (Å²) in [6.45, 7) is 4.99. The van der Waals surface area contributed by atoms with Gasteiger partial charge in [0.25, 0.3) is 0 Å². The maximum Gasteiger partial charge on any atom is 0.101 e. The van der Waals surface area contributed by atoms with Gasteiger partial charge in [0, 0.05) is 18.1 Å². The number of anilines is 1. The molecule has 0 aromatic heterocycles. The summed E-state index contributed by atoms with van der Waals surface area (Å²) in [5.74, 6) is 0. The smallest absolute Gasteiger partial charge is 0.101 e. The summed E-state index contributed by atoms with van der Waals surface area (Å²) in [4.78, 5) is 4.39. The number of hydrogen-bond acceptors (Lipinski definition) is 3. The number of nitrogens with zero attached hydrogens (tertiary/aromatic N) is 3. The Labute approximate surface area is 115 Å². The second kappa shape index (κ2) is 7.25. The molecular formula is C14H20ClN3. The maximum atomic E-state index is 9.16. The van der Waals surface area contributed by atoms with E-state index >= 15 is 0 Å². The van der Waals surface area contributed by atoms with Gasteiger partial charge in [0.1, 0.15) is 6.07 Å². The third-order valence-corrected chi connectivity index (χ3v) is 3.07. The zero-order valence-corrected chi connectivity index (χ0v) is 12.0. The van der Waals surface area contributed by atoms with E-state index in [4.69, 9.17) is 16.9 Å². The molecule has 1 rings (SSSR count). The Morgan fingerprint density at radius 3 is 2.56 bits per heavy atom. The molecule has 0 saturated carbocycles. The Morgan fingerprint density at radius 1 is 1.28 bits per heavy atom. The van der Waals surface area contributed by atoms with E-state index in [0.717, 1.165) is 31.7 Å². The number of halogens is 1. The molecule has 3 nitrogen and oxygen atoms in total. The van der Waals surface area contributed by atoms with Gasteiger partial charge in [-0.2, -0.15) is 5.26 Å². The van der Waals surface area contributed by atoms with Crippen LogP contribution in [0, 0.1) is 11.3 Å². The normalized spacial score (nSPS) is 10.4. The van der Waals surface area contributed by atoms with E-state index in [1.54, 1.807) is 6.07 Å². The summed E-state index contributed by atoms with van der Waals surface area (Å²) in [5, 5.41) is 9.77. The van der Waals surface area contributed by atoms with Gasteiger partial charge in [0.15, 0.2) is 0 Å². The molecule has 98 valence electrons. The molecule has 1 aromatic rings. The third kappa shape index (κ3) is 4.21. The molecule has 1 aromatic carbocycles. The fourth-order valence-corrected chi connectivity index (χ4v) is 2.07. The molecule has 0 aliphatic rings. The average Bonchev–Trinajstić information content (AvgIpc) is 2.34. The highest BCUT2D eigenvalue weighted by molar-refractivity contribution is 6.30. The molecular weight excluding hydrogens is 246 g/mol. The maximum absolute atomic E-state index is 9.16. The molecule has 0 atom stereocenters. The fraction of sp³-hybridized carbons (Fsp3) is 0.500. The van der Waals surface area contributed by atoms with Crippen LogP contribution in [0.5, 0.6) is 0 Å². The number of rotatable bonds is 6. The topological polar surface area (TPSA) is 30.3 Å². The van der Waals surface area contributed by atoms with Crippen molar-refractivity contribution in [2.45, 2.75) is 13.3 Å². The van der Waals surface area contributed by atoms with E-state index in [1.807, 2.05) is 12.1 Å². The number of benzene rings is 1. The first-order valence-corrected chi connectivity index (χ1v) is 6.55. The van der Waals surface area contributed by atoms with E-state index < -0.39 is 0 Å². The predicted molar refractivity (Wildman–Crippen MR) is 77.2 cm³/mol. The monoisotopic (exact) mass is 265 g/mol. The van der Waals surface area contributed by atoms with Crippen molar-refractivity contribution in [1.82, 2.24) is 4.90 Å². The minimum Gasteiger partial charge on any atom is -0.371 e. The Bertz CT molecular complexity index is 424. The number of hydrogen-bond donors (Lipinski definition) is 0. The minimum atomic E-state index is 0.611. The highest BCUT2D eigenvalue weighted by atomic mass is 35.5. The highest BCUT2D eigenvalue weighted by Crippen LogP contribution is 2.23. The average molecular weight is 266 g/mol. The summed E-state index contributed by atoms with van der Waals surface area (Å²) >= 11 is 5.91. The van der Waals surface area contributed by atoms with Gasteiger partial charge in [-0.15, -0.1) is 0 Å². The Morgan fingerprint density at radius 2 is 2.00 bits per heavy atom. The van der Waals surface area contributed by atoms with Gasteiger partial charge >= 0.3 is 0 Å². The fourth-order valence-electron chi connectivity index (χ4n) is 1.90. The molecule has 0 N–H and O–H groups in total. The quantitative estimate of drug-likeness (QED) is 0.792. The van der Waals surface area contributed by atoms with Crippen LogP contribution in [0.25, 0.3) is 0 Å². The van der Waals surface area contributed by atoms with Crippen LogP contribution in [-0.4, -0.2) is 38.6 Å². The first-order chi connectivity index (χ1) is 8.58. The lowest BCUT2D eigenvalue weighted by Crippen LogP contribution is -2.27. The third-order valence-electron chi connectivity index (χ3n) is 2.83. The van der Waals surface area contributed by atoms with Crippen LogP contribution in [-0.2, 0) is 0 Å². The molecule has 0 amide bonds. The highest BCUT2D eigenvalue weighted by Gasteiger charge is 2.10. The molecule has 0 radical (unpaired) electrons. The van der Waals surface area contributed by atoms with Gasteiger partial charge in [-0.05, 0) is 52.2 Å². The summed E-state index contributed by atoms with van der Waals surface area (Å²) in [6.07, 6.45) is 1.08. The van der Waals surface area contributed by atoms with Crippen molar-refractivity contribution in [2.24, 2.45) is 0 Å². The van der Waals surface area contributed by atoms with Gasteiger partial charge < -0.3 is 9.80 Å². The molecule has 0 bridgehead atoms. The molecule has 0 spiro atoms. The Balaban J connectivity index is 2.79. The van der Waals surface area contributed by atoms with E-state index in [0.29, 0.717) is 10.6 Å².